The molecule has 0 radical (unpaired) electrons. The van der Waals surface area contributed by atoms with E-state index in [1.165, 1.54) is 6.92 Å². The number of hydrogen-bond acceptors (Lipinski definition) is 2. The number of hydrogen-bond donors (Lipinski definition) is 1. The molecule has 13 heavy (non-hydrogen) atoms. The highest BCUT2D eigenvalue weighted by atomic mass is 79.9. The second-order valence-corrected chi connectivity index (χ2v) is 3.31. The fraction of sp³-hybridized carbons (Fsp3) is 0.111. The molecule has 1 amide bonds. The molecule has 1 N–H and O–H groups in total. The third-order valence-corrected chi connectivity index (χ3v) is 2.10. The molecule has 0 saturated carbocycles. The third-order valence-electron chi connectivity index (χ3n) is 1.44. The molecule has 0 bridgehead atoms. The molecule has 4 heteroatoms. The maximum Gasteiger partial charge on any atom is 0.221 e. The molecule has 0 aliphatic rings. The van der Waals surface area contributed by atoms with Crippen LogP contribution in [0.3, 0.4) is 0 Å². The van der Waals surface area contributed by atoms with Crippen LogP contribution in [0, 0.1) is 11.3 Å². The first-order valence-electron chi connectivity index (χ1n) is 3.61. The monoisotopic (exact) mass is 238 g/mol. The van der Waals surface area contributed by atoms with Gasteiger partial charge in [-0.15, -0.1) is 0 Å². The van der Waals surface area contributed by atoms with Gasteiger partial charge in [0.1, 0.15) is 6.07 Å². The topological polar surface area (TPSA) is 52.9 Å². The Hall–Kier alpha value is -1.34. The van der Waals surface area contributed by atoms with E-state index in [0.29, 0.717) is 15.7 Å². The van der Waals surface area contributed by atoms with Crippen molar-refractivity contribution in [1.82, 2.24) is 0 Å². The molecular weight excluding hydrogens is 232 g/mol. The molecule has 0 unspecified atom stereocenters. The van der Waals surface area contributed by atoms with Gasteiger partial charge >= 0.3 is 0 Å². The van der Waals surface area contributed by atoms with Gasteiger partial charge in [0.2, 0.25) is 5.91 Å². The molecule has 66 valence electrons. The maximum absolute atomic E-state index is 10.8. The first-order chi connectivity index (χ1) is 6.15. The number of nitrogens with one attached hydrogen (secondary N) is 1. The number of halogens is 1. The lowest BCUT2D eigenvalue weighted by molar-refractivity contribution is -0.114. The SMILES string of the molecule is CC(=O)Nc1cccc(Br)c1C#N. The summed E-state index contributed by atoms with van der Waals surface area (Å²) in [5.74, 6) is -0.186. The average Bonchev–Trinajstić information content (AvgIpc) is 2.03. The smallest absolute Gasteiger partial charge is 0.221 e. The van der Waals surface area contributed by atoms with Gasteiger partial charge in [0.15, 0.2) is 0 Å². The van der Waals surface area contributed by atoms with Crippen LogP contribution in [0.25, 0.3) is 0 Å². The minimum atomic E-state index is -0.186. The van der Waals surface area contributed by atoms with Gasteiger partial charge in [-0.1, -0.05) is 6.07 Å². The van der Waals surface area contributed by atoms with Gasteiger partial charge in [0.25, 0.3) is 0 Å². The molecular formula is C9H7BrN2O. The Morgan fingerprint density at radius 1 is 1.62 bits per heavy atom. The summed E-state index contributed by atoms with van der Waals surface area (Å²) < 4.78 is 0.682. The largest absolute Gasteiger partial charge is 0.325 e. The molecule has 0 atom stereocenters. The Labute approximate surface area is 84.5 Å². The van der Waals surface area contributed by atoms with Crippen LogP contribution in [0.4, 0.5) is 5.69 Å². The number of nitriles is 1. The molecule has 0 aliphatic heterocycles. The van der Waals surface area contributed by atoms with E-state index < -0.39 is 0 Å². The summed E-state index contributed by atoms with van der Waals surface area (Å²) in [5, 5.41) is 11.4. The van der Waals surface area contributed by atoms with Gasteiger partial charge in [-0.25, -0.2) is 0 Å². The lowest BCUT2D eigenvalue weighted by atomic mass is 10.2. The van der Waals surface area contributed by atoms with Gasteiger partial charge in [-0.2, -0.15) is 5.26 Å². The van der Waals surface area contributed by atoms with Crippen molar-refractivity contribution in [3.8, 4) is 6.07 Å². The first kappa shape index (κ1) is 9.75. The van der Waals surface area contributed by atoms with Gasteiger partial charge in [0, 0.05) is 11.4 Å². The number of carbonyl (C=O) groups is 1. The lowest BCUT2D eigenvalue weighted by Crippen LogP contribution is -2.07. The molecule has 0 aromatic heterocycles. The van der Waals surface area contributed by atoms with Crippen LogP contribution >= 0.6 is 15.9 Å². The highest BCUT2D eigenvalue weighted by Crippen LogP contribution is 2.23. The zero-order valence-corrected chi connectivity index (χ0v) is 8.55. The molecule has 1 aromatic carbocycles. The number of benzene rings is 1. The van der Waals surface area contributed by atoms with Crippen molar-refractivity contribution in [1.29, 1.82) is 5.26 Å². The fourth-order valence-electron chi connectivity index (χ4n) is 0.932. The number of rotatable bonds is 1. The van der Waals surface area contributed by atoms with Crippen molar-refractivity contribution in [3.05, 3.63) is 28.2 Å². The second-order valence-electron chi connectivity index (χ2n) is 2.46. The summed E-state index contributed by atoms with van der Waals surface area (Å²) in [7, 11) is 0. The lowest BCUT2D eigenvalue weighted by Gasteiger charge is -2.04. The van der Waals surface area contributed by atoms with Crippen LogP contribution in [0.15, 0.2) is 22.7 Å². The highest BCUT2D eigenvalue weighted by molar-refractivity contribution is 9.10. The van der Waals surface area contributed by atoms with Crippen molar-refractivity contribution >= 4 is 27.5 Å². The van der Waals surface area contributed by atoms with E-state index >= 15 is 0 Å². The predicted molar refractivity (Wildman–Crippen MR) is 53.2 cm³/mol. The summed E-state index contributed by atoms with van der Waals surface area (Å²) in [6.07, 6.45) is 0. The second kappa shape index (κ2) is 4.06. The molecule has 3 nitrogen and oxygen atoms in total. The number of anilines is 1. The average molecular weight is 239 g/mol. The molecule has 0 saturated heterocycles. The minimum absolute atomic E-state index is 0.186. The zero-order valence-electron chi connectivity index (χ0n) is 6.97. The Morgan fingerprint density at radius 2 is 2.31 bits per heavy atom. The van der Waals surface area contributed by atoms with Gasteiger partial charge in [-0.3, -0.25) is 4.79 Å². The minimum Gasteiger partial charge on any atom is -0.325 e. The fourth-order valence-corrected chi connectivity index (χ4v) is 1.39. The Bertz CT molecular complexity index is 382. The maximum atomic E-state index is 10.8. The van der Waals surface area contributed by atoms with E-state index in [2.05, 4.69) is 21.2 Å². The summed E-state index contributed by atoms with van der Waals surface area (Å²) in [6.45, 7) is 1.40. The van der Waals surface area contributed by atoms with E-state index in [0.717, 1.165) is 0 Å². The first-order valence-corrected chi connectivity index (χ1v) is 4.40. The molecule has 0 fully saturated rings. The number of carbonyl (C=O) groups excluding carboxylic acids is 1. The van der Waals surface area contributed by atoms with Crippen LogP contribution in [0.1, 0.15) is 12.5 Å². The van der Waals surface area contributed by atoms with Crippen molar-refractivity contribution < 1.29 is 4.79 Å². The van der Waals surface area contributed by atoms with Crippen molar-refractivity contribution in [3.63, 3.8) is 0 Å². The number of amides is 1. The van der Waals surface area contributed by atoms with E-state index in [4.69, 9.17) is 5.26 Å². The van der Waals surface area contributed by atoms with E-state index in [1.807, 2.05) is 6.07 Å². The summed E-state index contributed by atoms with van der Waals surface area (Å²) in [6, 6.07) is 7.21. The van der Waals surface area contributed by atoms with Crippen LogP contribution in [-0.2, 0) is 4.79 Å². The zero-order chi connectivity index (χ0) is 9.84. The quantitative estimate of drug-likeness (QED) is 0.817. The summed E-state index contributed by atoms with van der Waals surface area (Å²) >= 11 is 3.22. The van der Waals surface area contributed by atoms with E-state index in [9.17, 15) is 4.79 Å². The predicted octanol–water partition coefficient (Wildman–Crippen LogP) is 2.28. The normalized spacial score (nSPS) is 9.00. The van der Waals surface area contributed by atoms with E-state index in [-0.39, 0.29) is 5.91 Å². The molecule has 1 aromatic rings. The Morgan fingerprint density at radius 3 is 2.85 bits per heavy atom. The van der Waals surface area contributed by atoms with Crippen molar-refractivity contribution in [2.24, 2.45) is 0 Å². The summed E-state index contributed by atoms with van der Waals surface area (Å²) in [4.78, 5) is 10.8. The van der Waals surface area contributed by atoms with E-state index in [1.54, 1.807) is 18.2 Å². The van der Waals surface area contributed by atoms with Crippen molar-refractivity contribution in [2.45, 2.75) is 6.92 Å². The third kappa shape index (κ3) is 2.30. The van der Waals surface area contributed by atoms with Crippen LogP contribution in [0.2, 0.25) is 0 Å². The highest BCUT2D eigenvalue weighted by Gasteiger charge is 2.05. The Balaban J connectivity index is 3.14. The molecule has 1 rings (SSSR count). The molecule has 0 spiro atoms. The Kier molecular flexibility index (Phi) is 3.04. The number of nitrogens with zero attached hydrogens (tertiary/aromatic N) is 1. The molecule has 0 heterocycles. The molecule has 0 aliphatic carbocycles. The van der Waals surface area contributed by atoms with Gasteiger partial charge in [0.05, 0.1) is 11.3 Å². The van der Waals surface area contributed by atoms with Crippen molar-refractivity contribution in [2.75, 3.05) is 5.32 Å². The van der Waals surface area contributed by atoms with Gasteiger partial charge in [-0.05, 0) is 28.1 Å². The summed E-state index contributed by atoms with van der Waals surface area (Å²) in [5.41, 5.74) is 0.974. The van der Waals surface area contributed by atoms with Crippen LogP contribution in [0.5, 0.6) is 0 Å². The van der Waals surface area contributed by atoms with Gasteiger partial charge < -0.3 is 5.32 Å². The van der Waals surface area contributed by atoms with Crippen LogP contribution in [-0.4, -0.2) is 5.91 Å². The standard InChI is InChI=1S/C9H7BrN2O/c1-6(13)12-9-4-2-3-8(10)7(9)5-11/h2-4H,1H3,(H,12,13). The van der Waals surface area contributed by atoms with Crippen LogP contribution < -0.4 is 5.32 Å².